The zero-order chi connectivity index (χ0) is 17.2. The lowest BCUT2D eigenvalue weighted by molar-refractivity contribution is 0.588. The number of nitrogens with zero attached hydrogens (tertiary/aromatic N) is 1. The topological polar surface area (TPSA) is 51.1 Å². The molecule has 0 unspecified atom stereocenters. The van der Waals surface area contributed by atoms with Crippen molar-refractivity contribution in [2.75, 3.05) is 7.05 Å². The predicted molar refractivity (Wildman–Crippen MR) is 96.7 cm³/mol. The Bertz CT molecular complexity index is 950. The maximum absolute atomic E-state index is 13.1. The average molecular weight is 361 g/mol. The number of halogens is 1. The highest BCUT2D eigenvalue weighted by Gasteiger charge is 2.22. The largest absolute Gasteiger partial charge is 0.316 e. The first-order valence-corrected chi connectivity index (χ1v) is 9.26. The Morgan fingerprint density at radius 2 is 1.79 bits per heavy atom. The first-order valence-electron chi connectivity index (χ1n) is 7.45. The third-order valence-electron chi connectivity index (χ3n) is 3.65. The van der Waals surface area contributed by atoms with Crippen molar-refractivity contribution in [1.29, 1.82) is 0 Å². The third kappa shape index (κ3) is 3.24. The minimum Gasteiger partial charge on any atom is -0.316 e. The third-order valence-corrected chi connectivity index (χ3v) is 5.55. The lowest BCUT2D eigenvalue weighted by Crippen LogP contribution is -2.13. The zero-order valence-electron chi connectivity index (χ0n) is 13.1. The Morgan fingerprint density at radius 1 is 1.04 bits per heavy atom. The summed E-state index contributed by atoms with van der Waals surface area (Å²) in [5, 5.41) is 3.44. The molecule has 0 atom stereocenters. The van der Waals surface area contributed by atoms with Crippen molar-refractivity contribution in [2.45, 2.75) is 11.4 Å². The van der Waals surface area contributed by atoms with E-state index < -0.39 is 10.0 Å². The molecular formula is C18H17ClN2O2S. The molecule has 0 aliphatic rings. The molecule has 0 spiro atoms. The number of hydrogen-bond acceptors (Lipinski definition) is 3. The monoisotopic (exact) mass is 360 g/mol. The van der Waals surface area contributed by atoms with Crippen LogP contribution in [0, 0.1) is 0 Å². The molecule has 0 saturated heterocycles. The summed E-state index contributed by atoms with van der Waals surface area (Å²) in [6.45, 7) is 0.581. The van der Waals surface area contributed by atoms with Gasteiger partial charge in [0.15, 0.2) is 0 Å². The lowest BCUT2D eigenvalue weighted by Gasteiger charge is -2.11. The SMILES string of the molecule is CNCc1cc(-c2ccccc2)n(S(=O)(=O)c2cccc(Cl)c2)c1. The van der Waals surface area contributed by atoms with E-state index in [9.17, 15) is 8.42 Å². The van der Waals surface area contributed by atoms with Crippen LogP contribution in [0.1, 0.15) is 5.56 Å². The van der Waals surface area contributed by atoms with Gasteiger partial charge >= 0.3 is 0 Å². The van der Waals surface area contributed by atoms with E-state index in [1.54, 1.807) is 24.4 Å². The minimum atomic E-state index is -3.73. The van der Waals surface area contributed by atoms with Crippen LogP contribution in [-0.4, -0.2) is 19.4 Å². The second-order valence-electron chi connectivity index (χ2n) is 5.39. The van der Waals surface area contributed by atoms with Gasteiger partial charge in [0.05, 0.1) is 10.6 Å². The van der Waals surface area contributed by atoms with Crippen LogP contribution in [0.2, 0.25) is 5.02 Å². The highest BCUT2D eigenvalue weighted by atomic mass is 35.5. The van der Waals surface area contributed by atoms with Crippen molar-refractivity contribution in [3.05, 3.63) is 77.4 Å². The van der Waals surface area contributed by atoms with Gasteiger partial charge in [0.2, 0.25) is 0 Å². The predicted octanol–water partition coefficient (Wildman–Crippen LogP) is 3.76. The maximum atomic E-state index is 13.1. The van der Waals surface area contributed by atoms with Crippen molar-refractivity contribution in [3.63, 3.8) is 0 Å². The molecule has 3 rings (SSSR count). The Balaban J connectivity index is 2.19. The molecule has 124 valence electrons. The van der Waals surface area contributed by atoms with Crippen molar-refractivity contribution in [2.24, 2.45) is 0 Å². The van der Waals surface area contributed by atoms with Crippen LogP contribution in [0.3, 0.4) is 0 Å². The number of aromatic nitrogens is 1. The van der Waals surface area contributed by atoms with Crippen molar-refractivity contribution in [3.8, 4) is 11.3 Å². The Morgan fingerprint density at radius 3 is 2.46 bits per heavy atom. The van der Waals surface area contributed by atoms with Gasteiger partial charge in [-0.15, -0.1) is 0 Å². The summed E-state index contributed by atoms with van der Waals surface area (Å²) in [4.78, 5) is 0.166. The highest BCUT2D eigenvalue weighted by Crippen LogP contribution is 2.28. The van der Waals surface area contributed by atoms with Crippen molar-refractivity contribution >= 4 is 21.6 Å². The Kier molecular flexibility index (Phi) is 4.76. The summed E-state index contributed by atoms with van der Waals surface area (Å²) in [5.74, 6) is 0. The van der Waals surface area contributed by atoms with Crippen LogP contribution < -0.4 is 5.32 Å². The number of nitrogens with one attached hydrogen (secondary N) is 1. The molecule has 0 fully saturated rings. The number of benzene rings is 2. The normalized spacial score (nSPS) is 11.6. The number of hydrogen-bond donors (Lipinski definition) is 1. The van der Waals surface area contributed by atoms with E-state index >= 15 is 0 Å². The quantitative estimate of drug-likeness (QED) is 0.753. The fourth-order valence-corrected chi connectivity index (χ4v) is 4.26. The van der Waals surface area contributed by atoms with Crippen LogP contribution >= 0.6 is 11.6 Å². The number of rotatable bonds is 5. The van der Waals surface area contributed by atoms with E-state index in [0.717, 1.165) is 11.1 Å². The minimum absolute atomic E-state index is 0.166. The summed E-state index contributed by atoms with van der Waals surface area (Å²) >= 11 is 5.97. The molecule has 6 heteroatoms. The van der Waals surface area contributed by atoms with E-state index in [-0.39, 0.29) is 4.90 Å². The van der Waals surface area contributed by atoms with Crippen LogP contribution in [0.4, 0.5) is 0 Å². The maximum Gasteiger partial charge on any atom is 0.268 e. The van der Waals surface area contributed by atoms with Gasteiger partial charge in [-0.2, -0.15) is 0 Å². The molecule has 0 radical (unpaired) electrons. The first-order chi connectivity index (χ1) is 11.5. The molecule has 4 nitrogen and oxygen atoms in total. The van der Waals surface area contributed by atoms with Gasteiger partial charge in [0.1, 0.15) is 0 Å². The molecular weight excluding hydrogens is 344 g/mol. The molecule has 1 aromatic heterocycles. The molecule has 0 amide bonds. The van der Waals surface area contributed by atoms with Crippen LogP contribution in [-0.2, 0) is 16.6 Å². The fourth-order valence-electron chi connectivity index (χ4n) is 2.56. The second-order valence-corrected chi connectivity index (χ2v) is 7.64. The van der Waals surface area contributed by atoms with Gasteiger partial charge in [-0.1, -0.05) is 48.0 Å². The standard InChI is InChI=1S/C18H17ClN2O2S/c1-20-12-14-10-18(15-6-3-2-4-7-15)21(13-14)24(22,23)17-9-5-8-16(19)11-17/h2-11,13,20H,12H2,1H3. The van der Waals surface area contributed by atoms with Crippen LogP contribution in [0.25, 0.3) is 11.3 Å². The molecule has 0 aliphatic carbocycles. The summed E-state index contributed by atoms with van der Waals surface area (Å²) in [6, 6.07) is 17.6. The van der Waals surface area contributed by atoms with E-state index in [1.807, 2.05) is 43.4 Å². The van der Waals surface area contributed by atoms with Crippen LogP contribution in [0.15, 0.2) is 71.8 Å². The molecule has 0 saturated carbocycles. The molecule has 1 heterocycles. The highest BCUT2D eigenvalue weighted by molar-refractivity contribution is 7.90. The molecule has 2 aromatic carbocycles. The molecule has 3 aromatic rings. The fraction of sp³-hybridized carbons (Fsp3) is 0.111. The molecule has 1 N–H and O–H groups in total. The molecule has 0 bridgehead atoms. The lowest BCUT2D eigenvalue weighted by atomic mass is 10.1. The Hall–Kier alpha value is -2.08. The van der Waals surface area contributed by atoms with Gasteiger partial charge in [0, 0.05) is 17.8 Å². The summed E-state index contributed by atoms with van der Waals surface area (Å²) < 4.78 is 27.5. The van der Waals surface area contributed by atoms with Gasteiger partial charge < -0.3 is 5.32 Å². The van der Waals surface area contributed by atoms with Crippen molar-refractivity contribution in [1.82, 2.24) is 9.29 Å². The first kappa shape index (κ1) is 16.8. The smallest absolute Gasteiger partial charge is 0.268 e. The van der Waals surface area contributed by atoms with E-state index in [4.69, 9.17) is 11.6 Å². The zero-order valence-corrected chi connectivity index (χ0v) is 14.7. The Labute approximate surface area is 146 Å². The van der Waals surface area contributed by atoms with Gasteiger partial charge in [0.25, 0.3) is 10.0 Å². The van der Waals surface area contributed by atoms with E-state index in [2.05, 4.69) is 5.32 Å². The van der Waals surface area contributed by atoms with Gasteiger partial charge in [-0.3, -0.25) is 0 Å². The summed E-state index contributed by atoms with van der Waals surface area (Å²) in [5.41, 5.74) is 2.35. The average Bonchev–Trinajstić information content (AvgIpc) is 3.01. The molecule has 24 heavy (non-hydrogen) atoms. The molecule has 0 aliphatic heterocycles. The van der Waals surface area contributed by atoms with Gasteiger partial charge in [-0.25, -0.2) is 12.4 Å². The summed E-state index contributed by atoms with van der Waals surface area (Å²) in [7, 11) is -1.91. The summed E-state index contributed by atoms with van der Waals surface area (Å²) in [6.07, 6.45) is 1.65. The van der Waals surface area contributed by atoms with Crippen LogP contribution in [0.5, 0.6) is 0 Å². The van der Waals surface area contributed by atoms with Crippen molar-refractivity contribution < 1.29 is 8.42 Å². The second kappa shape index (κ2) is 6.81. The van der Waals surface area contributed by atoms with E-state index in [0.29, 0.717) is 17.3 Å². The van der Waals surface area contributed by atoms with Gasteiger partial charge in [-0.05, 0) is 42.4 Å². The van der Waals surface area contributed by atoms with E-state index in [1.165, 1.54) is 10.0 Å².